The fraction of sp³-hybridized carbons (Fsp3) is 0.438. The van der Waals surface area contributed by atoms with Gasteiger partial charge in [-0.15, -0.1) is 0 Å². The topological polar surface area (TPSA) is 62.6 Å². The number of nitrogens with one attached hydrogen (secondary N) is 1. The lowest BCUT2D eigenvalue weighted by molar-refractivity contribution is 0.637. The van der Waals surface area contributed by atoms with Gasteiger partial charge in [-0.25, -0.2) is 15.0 Å². The molecule has 1 aliphatic heterocycles. The van der Waals surface area contributed by atoms with E-state index in [1.165, 1.54) is 12.8 Å². The van der Waals surface area contributed by atoms with Crippen LogP contribution in [0.25, 0.3) is 10.7 Å². The van der Waals surface area contributed by atoms with Crippen molar-refractivity contribution in [3.05, 3.63) is 35.8 Å². The van der Waals surface area contributed by atoms with Crippen molar-refractivity contribution in [1.29, 1.82) is 0 Å². The van der Waals surface area contributed by atoms with Gasteiger partial charge in [0.15, 0.2) is 16.1 Å². The molecule has 4 heterocycles. The van der Waals surface area contributed by atoms with E-state index < -0.39 is 0 Å². The molecule has 0 atom stereocenters. The molecule has 0 spiro atoms. The van der Waals surface area contributed by atoms with Crippen molar-refractivity contribution >= 4 is 28.1 Å². The number of imidazole rings is 2. The SMILES string of the molecule is Clc1nc(N2CCCC2)sc1-c1nccn1CCCc1ncc[nH]1. The fourth-order valence-electron chi connectivity index (χ4n) is 3.02. The Morgan fingerprint density at radius 3 is 2.88 bits per heavy atom. The summed E-state index contributed by atoms with van der Waals surface area (Å²) in [5.41, 5.74) is 0. The van der Waals surface area contributed by atoms with Crippen LogP contribution in [0.2, 0.25) is 5.15 Å². The average Bonchev–Trinajstić information content (AvgIpc) is 3.35. The molecule has 0 aliphatic carbocycles. The summed E-state index contributed by atoms with van der Waals surface area (Å²) in [6.07, 6.45) is 11.8. The summed E-state index contributed by atoms with van der Waals surface area (Å²) >= 11 is 8.05. The fourth-order valence-corrected chi connectivity index (χ4v) is 4.38. The summed E-state index contributed by atoms with van der Waals surface area (Å²) in [6, 6.07) is 0. The molecule has 1 fully saturated rings. The quantitative estimate of drug-likeness (QED) is 0.727. The minimum atomic E-state index is 0.556. The molecule has 0 saturated carbocycles. The van der Waals surface area contributed by atoms with E-state index in [4.69, 9.17) is 11.6 Å². The normalized spacial score (nSPS) is 14.6. The second-order valence-corrected chi connectivity index (χ2v) is 7.23. The number of hydrogen-bond donors (Lipinski definition) is 1. The lowest BCUT2D eigenvalue weighted by Crippen LogP contribution is -2.16. The molecular formula is C16H19ClN6S. The van der Waals surface area contributed by atoms with E-state index >= 15 is 0 Å². The summed E-state index contributed by atoms with van der Waals surface area (Å²) in [6.45, 7) is 3.02. The van der Waals surface area contributed by atoms with Crippen LogP contribution in [0.3, 0.4) is 0 Å². The van der Waals surface area contributed by atoms with Crippen LogP contribution in [0, 0.1) is 0 Å². The predicted molar refractivity (Wildman–Crippen MR) is 96.7 cm³/mol. The maximum absolute atomic E-state index is 6.41. The van der Waals surface area contributed by atoms with Crippen LogP contribution in [-0.2, 0) is 13.0 Å². The lowest BCUT2D eigenvalue weighted by Gasteiger charge is -2.12. The number of aryl methyl sites for hydroxylation is 2. The van der Waals surface area contributed by atoms with Crippen LogP contribution in [0.15, 0.2) is 24.8 Å². The van der Waals surface area contributed by atoms with Crippen LogP contribution in [0.4, 0.5) is 5.13 Å². The number of rotatable bonds is 6. The molecule has 0 unspecified atom stereocenters. The van der Waals surface area contributed by atoms with Crippen molar-refractivity contribution < 1.29 is 0 Å². The number of halogens is 1. The van der Waals surface area contributed by atoms with Crippen molar-refractivity contribution in [3.8, 4) is 10.7 Å². The van der Waals surface area contributed by atoms with Crippen LogP contribution in [0.1, 0.15) is 25.1 Å². The zero-order valence-corrected chi connectivity index (χ0v) is 14.9. The molecule has 3 aromatic heterocycles. The Labute approximate surface area is 149 Å². The van der Waals surface area contributed by atoms with E-state index in [9.17, 15) is 0 Å². The summed E-state index contributed by atoms with van der Waals surface area (Å²) in [7, 11) is 0. The largest absolute Gasteiger partial charge is 0.349 e. The average molecular weight is 363 g/mol. The van der Waals surface area contributed by atoms with E-state index in [1.807, 2.05) is 18.6 Å². The Hall–Kier alpha value is -1.86. The summed E-state index contributed by atoms with van der Waals surface area (Å²) in [4.78, 5) is 19.7. The highest BCUT2D eigenvalue weighted by molar-refractivity contribution is 7.19. The number of hydrogen-bond acceptors (Lipinski definition) is 5. The molecular weight excluding hydrogens is 344 g/mol. The molecule has 126 valence electrons. The summed E-state index contributed by atoms with van der Waals surface area (Å²) < 4.78 is 2.15. The molecule has 6 nitrogen and oxygen atoms in total. The maximum Gasteiger partial charge on any atom is 0.187 e. The first-order valence-electron chi connectivity index (χ1n) is 8.22. The Morgan fingerprint density at radius 2 is 2.08 bits per heavy atom. The Bertz CT molecular complexity index is 787. The van der Waals surface area contributed by atoms with Gasteiger partial charge in [-0.1, -0.05) is 22.9 Å². The van der Waals surface area contributed by atoms with Gasteiger partial charge in [-0.05, 0) is 19.3 Å². The van der Waals surface area contributed by atoms with Gasteiger partial charge in [-0.2, -0.15) is 0 Å². The third-order valence-electron chi connectivity index (χ3n) is 4.24. The molecule has 0 amide bonds. The van der Waals surface area contributed by atoms with Crippen molar-refractivity contribution in [3.63, 3.8) is 0 Å². The minimum absolute atomic E-state index is 0.556. The van der Waals surface area contributed by atoms with Crippen molar-refractivity contribution in [1.82, 2.24) is 24.5 Å². The first-order valence-corrected chi connectivity index (χ1v) is 9.42. The summed E-state index contributed by atoms with van der Waals surface area (Å²) in [5.74, 6) is 1.92. The third kappa shape index (κ3) is 3.18. The molecule has 0 aromatic carbocycles. The Morgan fingerprint density at radius 1 is 1.21 bits per heavy atom. The van der Waals surface area contributed by atoms with Crippen molar-refractivity contribution in [2.24, 2.45) is 0 Å². The van der Waals surface area contributed by atoms with Crippen LogP contribution >= 0.6 is 22.9 Å². The van der Waals surface area contributed by atoms with Gasteiger partial charge in [0.2, 0.25) is 0 Å². The van der Waals surface area contributed by atoms with Gasteiger partial charge < -0.3 is 14.5 Å². The lowest BCUT2D eigenvalue weighted by atomic mass is 10.3. The molecule has 1 N–H and O–H groups in total. The first kappa shape index (κ1) is 15.7. The zero-order valence-electron chi connectivity index (χ0n) is 13.3. The maximum atomic E-state index is 6.41. The van der Waals surface area contributed by atoms with Gasteiger partial charge in [0.25, 0.3) is 0 Å². The molecule has 3 aromatic rings. The van der Waals surface area contributed by atoms with Crippen LogP contribution in [-0.4, -0.2) is 37.6 Å². The number of nitrogens with zero attached hydrogens (tertiary/aromatic N) is 5. The first-order chi connectivity index (χ1) is 11.8. The zero-order chi connectivity index (χ0) is 16.4. The van der Waals surface area contributed by atoms with E-state index in [1.54, 1.807) is 17.5 Å². The van der Waals surface area contributed by atoms with Gasteiger partial charge >= 0.3 is 0 Å². The smallest absolute Gasteiger partial charge is 0.187 e. The second-order valence-electron chi connectivity index (χ2n) is 5.89. The van der Waals surface area contributed by atoms with Gasteiger partial charge in [0.05, 0.1) is 0 Å². The van der Waals surface area contributed by atoms with Gasteiger partial charge in [0, 0.05) is 50.8 Å². The number of aromatic amines is 1. The predicted octanol–water partition coefficient (Wildman–Crippen LogP) is 3.62. The highest BCUT2D eigenvalue weighted by Gasteiger charge is 2.21. The van der Waals surface area contributed by atoms with E-state index in [-0.39, 0.29) is 0 Å². The number of H-pyrrole nitrogens is 1. The summed E-state index contributed by atoms with van der Waals surface area (Å²) in [5, 5.41) is 1.57. The molecule has 1 aliphatic rings. The number of anilines is 1. The van der Waals surface area contributed by atoms with E-state index in [0.29, 0.717) is 5.15 Å². The number of aromatic nitrogens is 5. The Balaban J connectivity index is 1.49. The molecule has 4 rings (SSSR count). The van der Waals surface area contributed by atoms with Gasteiger partial charge in [-0.3, -0.25) is 0 Å². The molecule has 0 bridgehead atoms. The van der Waals surface area contributed by atoms with Crippen molar-refractivity contribution in [2.75, 3.05) is 18.0 Å². The third-order valence-corrected chi connectivity index (χ3v) is 5.73. The Kier molecular flexibility index (Phi) is 4.53. The standard InChI is InChI=1S/C16H19ClN6S/c17-14-13(24-16(21-14)23-8-1-2-9-23)15-20-7-11-22(15)10-3-4-12-18-5-6-19-12/h5-7,11H,1-4,8-10H2,(H,18,19). The van der Waals surface area contributed by atoms with Gasteiger partial charge in [0.1, 0.15) is 10.7 Å². The second kappa shape index (κ2) is 6.94. The molecule has 8 heteroatoms. The molecule has 0 radical (unpaired) electrons. The van der Waals surface area contributed by atoms with Crippen LogP contribution in [0.5, 0.6) is 0 Å². The van der Waals surface area contributed by atoms with E-state index in [0.717, 1.165) is 54.1 Å². The highest BCUT2D eigenvalue weighted by Crippen LogP contribution is 2.38. The monoisotopic (exact) mass is 362 g/mol. The minimum Gasteiger partial charge on any atom is -0.349 e. The van der Waals surface area contributed by atoms with Crippen molar-refractivity contribution in [2.45, 2.75) is 32.2 Å². The highest BCUT2D eigenvalue weighted by atomic mass is 35.5. The molecule has 1 saturated heterocycles. The molecule has 24 heavy (non-hydrogen) atoms. The van der Waals surface area contributed by atoms with E-state index in [2.05, 4.69) is 29.4 Å². The van der Waals surface area contributed by atoms with Crippen LogP contribution < -0.4 is 4.90 Å². The number of thiazole rings is 1.